The van der Waals surface area contributed by atoms with Gasteiger partial charge in [-0.25, -0.2) is 18.6 Å². The van der Waals surface area contributed by atoms with Crippen molar-refractivity contribution in [2.75, 3.05) is 7.11 Å². The summed E-state index contributed by atoms with van der Waals surface area (Å²) < 4.78 is 39.1. The summed E-state index contributed by atoms with van der Waals surface area (Å²) in [5.41, 5.74) is 0.428. The molecule has 0 bridgehead atoms. The van der Waals surface area contributed by atoms with E-state index in [0.29, 0.717) is 0 Å². The topological polar surface area (TPSA) is 48.4 Å². The van der Waals surface area contributed by atoms with Crippen LogP contribution >= 0.6 is 0 Å². The van der Waals surface area contributed by atoms with Crippen LogP contribution in [-0.4, -0.2) is 18.1 Å². The highest BCUT2D eigenvalue weighted by Gasteiger charge is 2.19. The van der Waals surface area contributed by atoms with Gasteiger partial charge in [0.1, 0.15) is 18.1 Å². The minimum absolute atomic E-state index is 0.0203. The van der Waals surface area contributed by atoms with Crippen molar-refractivity contribution >= 4 is 5.97 Å². The molecule has 6 heteroatoms. The third-order valence-electron chi connectivity index (χ3n) is 3.69. The van der Waals surface area contributed by atoms with Crippen LogP contribution in [-0.2, 0) is 11.3 Å². The Morgan fingerprint density at radius 3 is 2.50 bits per heavy atom. The fourth-order valence-corrected chi connectivity index (χ4v) is 2.41. The van der Waals surface area contributed by atoms with Gasteiger partial charge in [0.2, 0.25) is 0 Å². The molecule has 0 radical (unpaired) electrons. The van der Waals surface area contributed by atoms with Crippen LogP contribution in [0.15, 0.2) is 60.7 Å². The Bertz CT molecular complexity index is 930. The van der Waals surface area contributed by atoms with Gasteiger partial charge in [0, 0.05) is 0 Å². The number of nitrogens with zero attached hydrogens (tertiary/aromatic N) is 1. The number of benzene rings is 2. The normalized spacial score (nSPS) is 10.4. The third kappa shape index (κ3) is 3.69. The maximum absolute atomic E-state index is 14.8. The summed E-state index contributed by atoms with van der Waals surface area (Å²) in [6.45, 7) is 0.137. The predicted octanol–water partition coefficient (Wildman–Crippen LogP) is 4.39. The van der Waals surface area contributed by atoms with Crippen molar-refractivity contribution in [2.45, 2.75) is 6.61 Å². The maximum Gasteiger partial charge on any atom is 0.356 e. The summed E-state index contributed by atoms with van der Waals surface area (Å²) in [6.07, 6.45) is 0. The number of hydrogen-bond acceptors (Lipinski definition) is 4. The molecule has 2 aromatic carbocycles. The van der Waals surface area contributed by atoms with Gasteiger partial charge in [0.15, 0.2) is 11.6 Å². The van der Waals surface area contributed by atoms with E-state index in [1.54, 1.807) is 0 Å². The van der Waals surface area contributed by atoms with Gasteiger partial charge in [-0.15, -0.1) is 0 Å². The van der Waals surface area contributed by atoms with Crippen molar-refractivity contribution < 1.29 is 23.0 Å². The summed E-state index contributed by atoms with van der Waals surface area (Å²) in [5.74, 6) is -2.47. The van der Waals surface area contributed by atoms with E-state index in [0.717, 1.165) is 11.6 Å². The Morgan fingerprint density at radius 1 is 1.00 bits per heavy atom. The molecule has 0 atom stereocenters. The number of aromatic nitrogens is 1. The molecular formula is C20H15F2NO3. The molecule has 0 saturated carbocycles. The molecule has 3 aromatic rings. The van der Waals surface area contributed by atoms with Crippen molar-refractivity contribution in [3.63, 3.8) is 0 Å². The van der Waals surface area contributed by atoms with Crippen LogP contribution in [0.3, 0.4) is 0 Å². The number of pyridine rings is 1. The molecule has 26 heavy (non-hydrogen) atoms. The first-order valence-electron chi connectivity index (χ1n) is 7.80. The quantitative estimate of drug-likeness (QED) is 0.637. The molecule has 0 aliphatic carbocycles. The van der Waals surface area contributed by atoms with E-state index in [2.05, 4.69) is 9.72 Å². The SMILES string of the molecule is COC(=O)c1cccc(-c2c(F)ccc(OCc3ccccc3)c2F)n1. The number of carbonyl (C=O) groups is 1. The zero-order valence-corrected chi connectivity index (χ0v) is 13.9. The summed E-state index contributed by atoms with van der Waals surface area (Å²) in [7, 11) is 1.20. The van der Waals surface area contributed by atoms with Crippen LogP contribution < -0.4 is 4.74 Å². The van der Waals surface area contributed by atoms with Crippen molar-refractivity contribution in [3.05, 3.63) is 83.6 Å². The second-order valence-electron chi connectivity index (χ2n) is 5.41. The Balaban J connectivity index is 1.94. The van der Waals surface area contributed by atoms with Crippen LogP contribution in [0.25, 0.3) is 11.3 Å². The van der Waals surface area contributed by atoms with Gasteiger partial charge >= 0.3 is 5.97 Å². The second kappa shape index (κ2) is 7.74. The van der Waals surface area contributed by atoms with Gasteiger partial charge in [-0.2, -0.15) is 0 Å². The van der Waals surface area contributed by atoms with Crippen molar-refractivity contribution in [1.82, 2.24) is 4.98 Å². The minimum Gasteiger partial charge on any atom is -0.486 e. The van der Waals surface area contributed by atoms with Gasteiger partial charge in [0.05, 0.1) is 18.4 Å². The van der Waals surface area contributed by atoms with Gasteiger partial charge < -0.3 is 9.47 Å². The molecular weight excluding hydrogens is 340 g/mol. The molecule has 1 heterocycles. The molecule has 1 aromatic heterocycles. The second-order valence-corrected chi connectivity index (χ2v) is 5.41. The lowest BCUT2D eigenvalue weighted by molar-refractivity contribution is 0.0594. The number of carbonyl (C=O) groups excluding carboxylic acids is 1. The summed E-state index contributed by atoms with van der Waals surface area (Å²) in [5, 5.41) is 0. The maximum atomic E-state index is 14.8. The Kier molecular flexibility index (Phi) is 5.22. The average molecular weight is 355 g/mol. The Morgan fingerprint density at radius 2 is 1.77 bits per heavy atom. The van der Waals surface area contributed by atoms with E-state index in [4.69, 9.17) is 4.74 Å². The largest absolute Gasteiger partial charge is 0.486 e. The highest BCUT2D eigenvalue weighted by Crippen LogP contribution is 2.31. The van der Waals surface area contributed by atoms with E-state index < -0.39 is 17.6 Å². The zero-order valence-electron chi connectivity index (χ0n) is 13.9. The molecule has 0 aliphatic heterocycles. The first-order valence-corrected chi connectivity index (χ1v) is 7.80. The third-order valence-corrected chi connectivity index (χ3v) is 3.69. The summed E-state index contributed by atoms with van der Waals surface area (Å²) in [6, 6.07) is 15.8. The van der Waals surface area contributed by atoms with E-state index in [1.165, 1.54) is 31.4 Å². The van der Waals surface area contributed by atoms with Crippen LogP contribution in [0.4, 0.5) is 8.78 Å². The number of esters is 1. The van der Waals surface area contributed by atoms with E-state index in [1.807, 2.05) is 30.3 Å². The molecule has 0 aliphatic rings. The van der Waals surface area contributed by atoms with E-state index in [-0.39, 0.29) is 29.3 Å². The molecule has 132 valence electrons. The molecule has 3 rings (SSSR count). The smallest absolute Gasteiger partial charge is 0.356 e. The number of halogens is 2. The van der Waals surface area contributed by atoms with Crippen molar-refractivity contribution in [3.8, 4) is 17.0 Å². The van der Waals surface area contributed by atoms with E-state index in [9.17, 15) is 13.6 Å². The van der Waals surface area contributed by atoms with Crippen LogP contribution in [0.1, 0.15) is 16.1 Å². The lowest BCUT2D eigenvalue weighted by atomic mass is 10.1. The van der Waals surface area contributed by atoms with Gasteiger partial charge in [-0.1, -0.05) is 36.4 Å². The fourth-order valence-electron chi connectivity index (χ4n) is 2.41. The van der Waals surface area contributed by atoms with Gasteiger partial charge in [0.25, 0.3) is 0 Å². The Hall–Kier alpha value is -3.28. The first-order chi connectivity index (χ1) is 12.6. The molecule has 0 unspecified atom stereocenters. The van der Waals surface area contributed by atoms with E-state index >= 15 is 0 Å². The average Bonchev–Trinajstić information content (AvgIpc) is 2.68. The van der Waals surface area contributed by atoms with Gasteiger partial charge in [-0.3, -0.25) is 0 Å². The van der Waals surface area contributed by atoms with Crippen molar-refractivity contribution in [1.29, 1.82) is 0 Å². The Labute approximate surface area is 149 Å². The fraction of sp³-hybridized carbons (Fsp3) is 0.100. The first kappa shape index (κ1) is 17.5. The highest BCUT2D eigenvalue weighted by atomic mass is 19.1. The van der Waals surface area contributed by atoms with Crippen LogP contribution in [0.2, 0.25) is 0 Å². The van der Waals surface area contributed by atoms with Crippen molar-refractivity contribution in [2.24, 2.45) is 0 Å². The molecule has 0 spiro atoms. The number of hydrogen-bond donors (Lipinski definition) is 0. The van der Waals surface area contributed by atoms with Crippen LogP contribution in [0, 0.1) is 11.6 Å². The number of ether oxygens (including phenoxy) is 2. The molecule has 0 N–H and O–H groups in total. The molecule has 4 nitrogen and oxygen atoms in total. The predicted molar refractivity (Wildman–Crippen MR) is 91.7 cm³/mol. The monoisotopic (exact) mass is 355 g/mol. The number of rotatable bonds is 5. The molecule has 0 fully saturated rings. The summed E-state index contributed by atoms with van der Waals surface area (Å²) >= 11 is 0. The lowest BCUT2D eigenvalue weighted by Crippen LogP contribution is -2.06. The standard InChI is InChI=1S/C20H15F2NO3/c1-25-20(24)16-9-5-8-15(23-16)18-14(21)10-11-17(19(18)22)26-12-13-6-3-2-4-7-13/h2-11H,12H2,1H3. The highest BCUT2D eigenvalue weighted by molar-refractivity contribution is 5.87. The van der Waals surface area contributed by atoms with Crippen LogP contribution in [0.5, 0.6) is 5.75 Å². The number of methoxy groups -OCH3 is 1. The minimum atomic E-state index is -0.879. The molecule has 0 saturated heterocycles. The lowest BCUT2D eigenvalue weighted by Gasteiger charge is -2.11. The molecule has 0 amide bonds. The summed E-state index contributed by atoms with van der Waals surface area (Å²) in [4.78, 5) is 15.6. The zero-order chi connectivity index (χ0) is 18.5. The van der Waals surface area contributed by atoms with Gasteiger partial charge in [-0.05, 0) is 29.8 Å².